The maximum atomic E-state index is 11.0. The van der Waals surface area contributed by atoms with E-state index < -0.39 is 0 Å². The Balaban J connectivity index is 2.45. The van der Waals surface area contributed by atoms with E-state index in [-0.39, 0.29) is 11.3 Å². The van der Waals surface area contributed by atoms with Crippen LogP contribution in [0, 0.1) is 11.3 Å². The first-order valence-electron chi connectivity index (χ1n) is 5.27. The molecule has 0 aliphatic heterocycles. The van der Waals surface area contributed by atoms with Crippen LogP contribution >= 0.6 is 23.2 Å². The number of rotatable bonds is 3. The maximum absolute atomic E-state index is 11.0. The van der Waals surface area contributed by atoms with Crippen LogP contribution in [-0.2, 0) is 0 Å². The van der Waals surface area contributed by atoms with Gasteiger partial charge in [0, 0.05) is 6.07 Å². The van der Waals surface area contributed by atoms with E-state index in [1.165, 1.54) is 6.07 Å². The van der Waals surface area contributed by atoms with E-state index in [4.69, 9.17) is 33.2 Å². The summed E-state index contributed by atoms with van der Waals surface area (Å²) in [5.41, 5.74) is 0.570. The number of nitrogens with zero attached hydrogens (tertiary/aromatic N) is 1. The number of para-hydroxylation sites is 1. The molecule has 0 saturated carbocycles. The molecule has 0 bridgehead atoms. The summed E-state index contributed by atoms with van der Waals surface area (Å²) in [6.07, 6.45) is 0.633. The Hall–Kier alpha value is -2.02. The van der Waals surface area contributed by atoms with E-state index in [2.05, 4.69) is 0 Å². The highest BCUT2D eigenvalue weighted by Crippen LogP contribution is 2.32. The van der Waals surface area contributed by atoms with Crippen molar-refractivity contribution in [3.05, 3.63) is 57.6 Å². The molecule has 0 fully saturated rings. The lowest BCUT2D eigenvalue weighted by atomic mass is 10.1. The van der Waals surface area contributed by atoms with Crippen LogP contribution in [-0.4, -0.2) is 6.29 Å². The number of hydrogen-bond donors (Lipinski definition) is 0. The van der Waals surface area contributed by atoms with Gasteiger partial charge in [-0.05, 0) is 24.3 Å². The molecule has 0 saturated heterocycles. The highest BCUT2D eigenvalue weighted by molar-refractivity contribution is 6.42. The second kappa shape index (κ2) is 5.75. The summed E-state index contributed by atoms with van der Waals surface area (Å²) < 4.78 is 5.56. The van der Waals surface area contributed by atoms with Crippen molar-refractivity contribution in [2.45, 2.75) is 0 Å². The van der Waals surface area contributed by atoms with Crippen LogP contribution in [0.4, 0.5) is 0 Å². The van der Waals surface area contributed by atoms with Gasteiger partial charge >= 0.3 is 0 Å². The second-order valence-corrected chi connectivity index (χ2v) is 4.45. The molecule has 0 radical (unpaired) electrons. The number of halogens is 2. The van der Waals surface area contributed by atoms with Crippen LogP contribution in [0.2, 0.25) is 10.0 Å². The molecule has 0 N–H and O–H groups in total. The van der Waals surface area contributed by atoms with Crippen molar-refractivity contribution in [3.8, 4) is 17.6 Å². The zero-order valence-electron chi connectivity index (χ0n) is 9.56. The first kappa shape index (κ1) is 13.4. The Morgan fingerprint density at radius 1 is 1.16 bits per heavy atom. The number of aldehydes is 1. The molecule has 0 aliphatic carbocycles. The van der Waals surface area contributed by atoms with E-state index in [0.717, 1.165) is 0 Å². The van der Waals surface area contributed by atoms with Gasteiger partial charge in [-0.25, -0.2) is 0 Å². The van der Waals surface area contributed by atoms with Gasteiger partial charge in [0.05, 0.1) is 21.2 Å². The fourth-order valence-corrected chi connectivity index (χ4v) is 1.80. The molecule has 5 heteroatoms. The lowest BCUT2D eigenvalue weighted by Gasteiger charge is -2.10. The lowest BCUT2D eigenvalue weighted by molar-refractivity contribution is 0.112. The van der Waals surface area contributed by atoms with Crippen LogP contribution in [0.25, 0.3) is 0 Å². The third-order valence-electron chi connectivity index (χ3n) is 2.40. The van der Waals surface area contributed by atoms with Crippen molar-refractivity contribution in [1.82, 2.24) is 0 Å². The van der Waals surface area contributed by atoms with Gasteiger partial charge < -0.3 is 4.74 Å². The number of carbonyl (C=O) groups excluding carboxylic acids is 1. The fraction of sp³-hybridized carbons (Fsp3) is 0. The molecule has 0 unspecified atom stereocenters. The topological polar surface area (TPSA) is 50.1 Å². The Morgan fingerprint density at radius 3 is 2.58 bits per heavy atom. The third-order valence-corrected chi connectivity index (χ3v) is 3.14. The molecule has 0 spiro atoms. The summed E-state index contributed by atoms with van der Waals surface area (Å²) in [5, 5.41) is 9.76. The minimum Gasteiger partial charge on any atom is -0.455 e. The summed E-state index contributed by atoms with van der Waals surface area (Å²) in [6.45, 7) is 0. The number of hydrogen-bond acceptors (Lipinski definition) is 3. The average molecular weight is 292 g/mol. The van der Waals surface area contributed by atoms with Crippen molar-refractivity contribution in [1.29, 1.82) is 5.26 Å². The second-order valence-electron chi connectivity index (χ2n) is 3.63. The SMILES string of the molecule is N#Cc1cccc(C=O)c1Oc1ccc(Cl)c(Cl)c1. The zero-order chi connectivity index (χ0) is 13.8. The standard InChI is InChI=1S/C14H7Cl2NO2/c15-12-5-4-11(6-13(12)16)19-14-9(7-17)2-1-3-10(14)8-18/h1-6,8H. The van der Waals surface area contributed by atoms with E-state index in [1.807, 2.05) is 6.07 Å². The summed E-state index contributed by atoms with van der Waals surface area (Å²) in [4.78, 5) is 11.0. The minimum atomic E-state index is 0.207. The number of benzene rings is 2. The summed E-state index contributed by atoms with van der Waals surface area (Å²) >= 11 is 11.7. The molecule has 19 heavy (non-hydrogen) atoms. The van der Waals surface area contributed by atoms with Crippen molar-refractivity contribution in [3.63, 3.8) is 0 Å². The monoisotopic (exact) mass is 291 g/mol. The first-order chi connectivity index (χ1) is 9.15. The number of ether oxygens (including phenoxy) is 1. The largest absolute Gasteiger partial charge is 0.455 e. The van der Waals surface area contributed by atoms with Gasteiger partial charge in [-0.2, -0.15) is 5.26 Å². The lowest BCUT2D eigenvalue weighted by Crippen LogP contribution is -1.94. The van der Waals surface area contributed by atoms with E-state index in [9.17, 15) is 4.79 Å². The predicted octanol–water partition coefficient (Wildman–Crippen LogP) is 4.47. The van der Waals surface area contributed by atoms with Crippen molar-refractivity contribution in [2.24, 2.45) is 0 Å². The number of carbonyl (C=O) groups is 1. The first-order valence-corrected chi connectivity index (χ1v) is 6.02. The molecule has 2 aromatic carbocycles. The predicted molar refractivity (Wildman–Crippen MR) is 73.1 cm³/mol. The van der Waals surface area contributed by atoms with E-state index in [1.54, 1.807) is 30.3 Å². The molecule has 2 aromatic rings. The van der Waals surface area contributed by atoms with Gasteiger partial charge in [-0.15, -0.1) is 0 Å². The van der Waals surface area contributed by atoms with E-state index >= 15 is 0 Å². The van der Waals surface area contributed by atoms with Crippen LogP contribution in [0.15, 0.2) is 36.4 Å². The molecular weight excluding hydrogens is 285 g/mol. The van der Waals surface area contributed by atoms with Crippen LogP contribution in [0.3, 0.4) is 0 Å². The summed E-state index contributed by atoms with van der Waals surface area (Å²) in [6, 6.07) is 11.4. The Bertz CT molecular complexity index is 678. The highest BCUT2D eigenvalue weighted by Gasteiger charge is 2.11. The average Bonchev–Trinajstić information content (AvgIpc) is 2.43. The molecule has 0 aromatic heterocycles. The summed E-state index contributed by atoms with van der Waals surface area (Å²) in [5.74, 6) is 0.610. The molecule has 0 amide bonds. The highest BCUT2D eigenvalue weighted by atomic mass is 35.5. The Labute approximate surface area is 119 Å². The fourth-order valence-electron chi connectivity index (χ4n) is 1.51. The molecular formula is C14H7Cl2NO2. The zero-order valence-corrected chi connectivity index (χ0v) is 11.1. The van der Waals surface area contributed by atoms with Gasteiger partial charge in [-0.1, -0.05) is 29.3 Å². The molecule has 3 nitrogen and oxygen atoms in total. The van der Waals surface area contributed by atoms with Gasteiger partial charge in [0.15, 0.2) is 12.0 Å². The Morgan fingerprint density at radius 2 is 1.95 bits per heavy atom. The van der Waals surface area contributed by atoms with Crippen LogP contribution in [0.5, 0.6) is 11.5 Å². The molecule has 94 valence electrons. The Kier molecular flexibility index (Phi) is 4.06. The molecule has 0 heterocycles. The smallest absolute Gasteiger partial charge is 0.155 e. The van der Waals surface area contributed by atoms with Crippen molar-refractivity contribution >= 4 is 29.5 Å². The third kappa shape index (κ3) is 2.87. The summed E-state index contributed by atoms with van der Waals surface area (Å²) in [7, 11) is 0. The minimum absolute atomic E-state index is 0.207. The quantitative estimate of drug-likeness (QED) is 0.784. The molecule has 2 rings (SSSR count). The van der Waals surface area contributed by atoms with Gasteiger partial charge in [-0.3, -0.25) is 4.79 Å². The maximum Gasteiger partial charge on any atom is 0.155 e. The number of nitriles is 1. The van der Waals surface area contributed by atoms with Gasteiger partial charge in [0.1, 0.15) is 11.8 Å². The van der Waals surface area contributed by atoms with Gasteiger partial charge in [0.2, 0.25) is 0 Å². The van der Waals surface area contributed by atoms with Crippen LogP contribution in [0.1, 0.15) is 15.9 Å². The van der Waals surface area contributed by atoms with Crippen LogP contribution < -0.4 is 4.74 Å². The molecule has 0 atom stereocenters. The normalized spacial score (nSPS) is 9.74. The van der Waals surface area contributed by atoms with E-state index in [0.29, 0.717) is 27.6 Å². The van der Waals surface area contributed by atoms with Gasteiger partial charge in [0.25, 0.3) is 0 Å². The van der Waals surface area contributed by atoms with Crippen molar-refractivity contribution in [2.75, 3.05) is 0 Å². The molecule has 0 aliphatic rings. The van der Waals surface area contributed by atoms with Crippen molar-refractivity contribution < 1.29 is 9.53 Å².